The number of nitrogens with zero attached hydrogens (tertiary/aromatic N) is 1. The molecule has 1 N–H and O–H groups in total. The molecule has 0 amide bonds. The zero-order valence-electron chi connectivity index (χ0n) is 10.1. The first-order valence-electron chi connectivity index (χ1n) is 5.85. The van der Waals surface area contributed by atoms with E-state index in [1.54, 1.807) is 0 Å². The van der Waals surface area contributed by atoms with Gasteiger partial charge in [-0.2, -0.15) is 0 Å². The summed E-state index contributed by atoms with van der Waals surface area (Å²) < 4.78 is 0. The molecule has 0 aromatic heterocycles. The number of alkyl halides is 2. The van der Waals surface area contributed by atoms with Gasteiger partial charge in [-0.05, 0) is 24.1 Å². The molecule has 0 heterocycles. The summed E-state index contributed by atoms with van der Waals surface area (Å²) >= 11 is 6.90. The number of hydrogen-bond donors (Lipinski definition) is 1. The van der Waals surface area contributed by atoms with Gasteiger partial charge in [0, 0.05) is 35.9 Å². The number of carboxylic acids is 1. The number of benzene rings is 1. The molecule has 1 aromatic rings. The predicted octanol–water partition coefficient (Wildman–Crippen LogP) is 3.30. The van der Waals surface area contributed by atoms with Gasteiger partial charge in [-0.25, -0.2) is 0 Å². The van der Waals surface area contributed by atoms with E-state index in [9.17, 15) is 4.79 Å². The average molecular weight is 379 g/mol. The lowest BCUT2D eigenvalue weighted by molar-refractivity contribution is -0.136. The molecule has 5 heteroatoms. The zero-order valence-corrected chi connectivity index (χ0v) is 13.3. The number of anilines is 1. The summed E-state index contributed by atoms with van der Waals surface area (Å²) in [6.07, 6.45) is 0.764. The van der Waals surface area contributed by atoms with Gasteiger partial charge in [-0.1, -0.05) is 44.0 Å². The van der Waals surface area contributed by atoms with Gasteiger partial charge < -0.3 is 10.0 Å². The Morgan fingerprint density at radius 1 is 1.22 bits per heavy atom. The molecule has 0 aliphatic rings. The van der Waals surface area contributed by atoms with Crippen LogP contribution in [0.25, 0.3) is 0 Å². The van der Waals surface area contributed by atoms with Crippen molar-refractivity contribution < 1.29 is 9.90 Å². The first-order valence-corrected chi connectivity index (χ1v) is 8.09. The van der Waals surface area contributed by atoms with E-state index in [2.05, 4.69) is 48.9 Å². The number of rotatable bonds is 8. The number of aryl methyl sites for hydroxylation is 1. The minimum absolute atomic E-state index is 0.181. The van der Waals surface area contributed by atoms with Crippen LogP contribution in [-0.2, 0) is 11.2 Å². The van der Waals surface area contributed by atoms with Gasteiger partial charge in [0.1, 0.15) is 0 Å². The molecule has 100 valence electrons. The Bertz CT molecular complexity index is 379. The number of halogens is 2. The Morgan fingerprint density at radius 2 is 1.89 bits per heavy atom. The van der Waals surface area contributed by atoms with Crippen molar-refractivity contribution in [1.29, 1.82) is 0 Å². The maximum absolute atomic E-state index is 10.6. The van der Waals surface area contributed by atoms with E-state index in [4.69, 9.17) is 5.11 Å². The van der Waals surface area contributed by atoms with E-state index in [0.29, 0.717) is 6.42 Å². The lowest BCUT2D eigenvalue weighted by atomic mass is 10.1. The molecule has 0 spiro atoms. The molecular weight excluding hydrogens is 362 g/mol. The van der Waals surface area contributed by atoms with Crippen LogP contribution in [0.5, 0.6) is 0 Å². The maximum Gasteiger partial charge on any atom is 0.303 e. The first kappa shape index (κ1) is 15.5. The summed E-state index contributed by atoms with van der Waals surface area (Å²) in [5.74, 6) is -0.752. The minimum atomic E-state index is -0.752. The van der Waals surface area contributed by atoms with E-state index in [-0.39, 0.29) is 6.42 Å². The van der Waals surface area contributed by atoms with E-state index in [1.165, 1.54) is 0 Å². The third kappa shape index (κ3) is 5.40. The van der Waals surface area contributed by atoms with E-state index in [0.717, 1.165) is 35.0 Å². The molecule has 0 aliphatic carbocycles. The number of hydrogen-bond acceptors (Lipinski definition) is 2. The SMILES string of the molecule is O=C(O)CCc1cccc(N(CCBr)CCBr)c1. The van der Waals surface area contributed by atoms with E-state index < -0.39 is 5.97 Å². The highest BCUT2D eigenvalue weighted by Gasteiger charge is 2.06. The smallest absolute Gasteiger partial charge is 0.303 e. The monoisotopic (exact) mass is 377 g/mol. The molecule has 0 saturated carbocycles. The molecule has 1 rings (SSSR count). The Hall–Kier alpha value is -0.550. The maximum atomic E-state index is 10.6. The van der Waals surface area contributed by atoms with Crippen molar-refractivity contribution in [1.82, 2.24) is 0 Å². The second-order valence-corrected chi connectivity index (χ2v) is 5.51. The summed E-state index contributed by atoms with van der Waals surface area (Å²) in [5.41, 5.74) is 2.22. The van der Waals surface area contributed by atoms with Gasteiger partial charge in [-0.15, -0.1) is 0 Å². The summed E-state index contributed by atoms with van der Waals surface area (Å²) in [6.45, 7) is 1.88. The molecule has 0 radical (unpaired) electrons. The van der Waals surface area contributed by atoms with Crippen LogP contribution in [0.4, 0.5) is 5.69 Å². The molecule has 0 atom stereocenters. The fourth-order valence-corrected chi connectivity index (χ4v) is 2.59. The van der Waals surface area contributed by atoms with Crippen molar-refractivity contribution in [2.75, 3.05) is 28.6 Å². The average Bonchev–Trinajstić information content (AvgIpc) is 2.36. The number of carbonyl (C=O) groups is 1. The highest BCUT2D eigenvalue weighted by Crippen LogP contribution is 2.17. The molecule has 1 aromatic carbocycles. The third-order valence-corrected chi connectivity index (χ3v) is 3.32. The second-order valence-electron chi connectivity index (χ2n) is 3.93. The van der Waals surface area contributed by atoms with Crippen LogP contribution in [0, 0.1) is 0 Å². The Morgan fingerprint density at radius 3 is 2.44 bits per heavy atom. The standard InChI is InChI=1S/C13H17Br2NO2/c14-6-8-16(9-7-15)12-3-1-2-11(10-12)4-5-13(17)18/h1-3,10H,4-9H2,(H,17,18). The quantitative estimate of drug-likeness (QED) is 0.705. The van der Waals surface area contributed by atoms with Crippen molar-refractivity contribution in [3.05, 3.63) is 29.8 Å². The first-order chi connectivity index (χ1) is 8.67. The number of aliphatic carboxylic acids is 1. The lowest BCUT2D eigenvalue weighted by Crippen LogP contribution is -2.27. The van der Waals surface area contributed by atoms with Crippen molar-refractivity contribution in [2.45, 2.75) is 12.8 Å². The lowest BCUT2D eigenvalue weighted by Gasteiger charge is -2.23. The van der Waals surface area contributed by atoms with Crippen LogP contribution in [-0.4, -0.2) is 34.8 Å². The largest absolute Gasteiger partial charge is 0.481 e. The van der Waals surface area contributed by atoms with Crippen LogP contribution in [0.15, 0.2) is 24.3 Å². The summed E-state index contributed by atoms with van der Waals surface area (Å²) in [4.78, 5) is 12.8. The van der Waals surface area contributed by atoms with Crippen LogP contribution < -0.4 is 4.90 Å². The van der Waals surface area contributed by atoms with Crippen molar-refractivity contribution in [3.8, 4) is 0 Å². The zero-order chi connectivity index (χ0) is 13.4. The van der Waals surface area contributed by atoms with Crippen LogP contribution in [0.1, 0.15) is 12.0 Å². The van der Waals surface area contributed by atoms with Gasteiger partial charge >= 0.3 is 5.97 Å². The van der Waals surface area contributed by atoms with Gasteiger partial charge in [0.25, 0.3) is 0 Å². The Balaban J connectivity index is 2.74. The van der Waals surface area contributed by atoms with Crippen molar-refractivity contribution in [3.63, 3.8) is 0 Å². The molecule has 0 bridgehead atoms. The Kier molecular flexibility index (Phi) is 7.35. The topological polar surface area (TPSA) is 40.5 Å². The predicted molar refractivity (Wildman–Crippen MR) is 82.2 cm³/mol. The van der Waals surface area contributed by atoms with E-state index >= 15 is 0 Å². The molecule has 0 unspecified atom stereocenters. The highest BCUT2D eigenvalue weighted by molar-refractivity contribution is 9.09. The summed E-state index contributed by atoms with van der Waals surface area (Å²) in [5, 5.41) is 10.5. The Labute approximate surface area is 124 Å². The van der Waals surface area contributed by atoms with Crippen molar-refractivity contribution >= 4 is 43.5 Å². The molecule has 18 heavy (non-hydrogen) atoms. The van der Waals surface area contributed by atoms with Crippen molar-refractivity contribution in [2.24, 2.45) is 0 Å². The molecular formula is C13H17Br2NO2. The third-order valence-electron chi connectivity index (χ3n) is 2.61. The molecule has 3 nitrogen and oxygen atoms in total. The summed E-state index contributed by atoms with van der Waals surface area (Å²) in [7, 11) is 0. The fraction of sp³-hybridized carbons (Fsp3) is 0.462. The molecule has 0 fully saturated rings. The van der Waals surface area contributed by atoms with Gasteiger partial charge in [0.05, 0.1) is 0 Å². The summed E-state index contributed by atoms with van der Waals surface area (Å²) in [6, 6.07) is 8.11. The van der Waals surface area contributed by atoms with Crippen LogP contribution in [0.2, 0.25) is 0 Å². The number of carboxylic acid groups (broad SMARTS) is 1. The normalized spacial score (nSPS) is 10.3. The highest BCUT2D eigenvalue weighted by atomic mass is 79.9. The molecule has 0 aliphatic heterocycles. The van der Waals surface area contributed by atoms with Gasteiger partial charge in [-0.3, -0.25) is 4.79 Å². The fourth-order valence-electron chi connectivity index (χ4n) is 1.73. The van der Waals surface area contributed by atoms with Crippen LogP contribution in [0.3, 0.4) is 0 Å². The second kappa shape index (κ2) is 8.53. The van der Waals surface area contributed by atoms with Gasteiger partial charge in [0.2, 0.25) is 0 Å². The van der Waals surface area contributed by atoms with Crippen LogP contribution >= 0.6 is 31.9 Å². The molecule has 0 saturated heterocycles. The van der Waals surface area contributed by atoms with E-state index in [1.807, 2.05) is 12.1 Å². The van der Waals surface area contributed by atoms with Gasteiger partial charge in [0.15, 0.2) is 0 Å². The minimum Gasteiger partial charge on any atom is -0.481 e.